The van der Waals surface area contributed by atoms with E-state index in [9.17, 15) is 4.79 Å². The third kappa shape index (κ3) is 5.11. The Morgan fingerprint density at radius 3 is 2.48 bits per heavy atom. The van der Waals surface area contributed by atoms with Gasteiger partial charge in [-0.25, -0.2) is 0 Å². The quantitative estimate of drug-likeness (QED) is 0.825. The summed E-state index contributed by atoms with van der Waals surface area (Å²) in [6, 6.07) is 15.1. The summed E-state index contributed by atoms with van der Waals surface area (Å²) in [6.45, 7) is 5.78. The molecule has 0 saturated carbocycles. The fourth-order valence-corrected chi connectivity index (χ4v) is 2.12. The molecule has 2 aromatic rings. The molecule has 2 aromatic carbocycles. The van der Waals surface area contributed by atoms with E-state index < -0.39 is 0 Å². The molecular weight excluding hydrogens is 288 g/mol. The van der Waals surface area contributed by atoms with Gasteiger partial charge in [0.25, 0.3) is 5.91 Å². The summed E-state index contributed by atoms with van der Waals surface area (Å²) in [6.07, 6.45) is 0. The van der Waals surface area contributed by atoms with E-state index in [1.165, 1.54) is 0 Å². The highest BCUT2D eigenvalue weighted by Crippen LogP contribution is 2.18. The maximum absolute atomic E-state index is 12.2. The second-order valence-corrected chi connectivity index (χ2v) is 5.90. The van der Waals surface area contributed by atoms with Gasteiger partial charge in [-0.15, -0.1) is 0 Å². The number of amides is 1. The zero-order valence-electron chi connectivity index (χ0n) is 13.7. The van der Waals surface area contributed by atoms with Crippen molar-refractivity contribution in [1.82, 2.24) is 5.32 Å². The van der Waals surface area contributed by atoms with Gasteiger partial charge < -0.3 is 15.8 Å². The van der Waals surface area contributed by atoms with Gasteiger partial charge in [-0.1, -0.05) is 44.2 Å². The van der Waals surface area contributed by atoms with Gasteiger partial charge >= 0.3 is 0 Å². The lowest BCUT2D eigenvalue weighted by molar-refractivity contribution is 0.0950. The lowest BCUT2D eigenvalue weighted by Crippen LogP contribution is -2.23. The minimum atomic E-state index is -0.104. The van der Waals surface area contributed by atoms with E-state index in [0.29, 0.717) is 31.2 Å². The van der Waals surface area contributed by atoms with Gasteiger partial charge in [0, 0.05) is 24.2 Å². The van der Waals surface area contributed by atoms with Crippen LogP contribution >= 0.6 is 0 Å². The monoisotopic (exact) mass is 312 g/mol. The maximum atomic E-state index is 12.2. The van der Waals surface area contributed by atoms with Crippen LogP contribution in [0.15, 0.2) is 48.5 Å². The first kappa shape index (κ1) is 17.0. The van der Waals surface area contributed by atoms with Crippen molar-refractivity contribution >= 4 is 5.91 Å². The molecule has 0 aromatic heterocycles. The van der Waals surface area contributed by atoms with Gasteiger partial charge in [0.05, 0.1) is 6.61 Å². The molecule has 0 aliphatic rings. The molecule has 0 aliphatic carbocycles. The molecule has 0 heterocycles. The van der Waals surface area contributed by atoms with Gasteiger partial charge in [0.1, 0.15) is 5.75 Å². The third-order valence-corrected chi connectivity index (χ3v) is 3.44. The summed E-state index contributed by atoms with van der Waals surface area (Å²) in [4.78, 5) is 12.2. The molecule has 1 amide bonds. The van der Waals surface area contributed by atoms with Crippen molar-refractivity contribution in [1.29, 1.82) is 0 Å². The Labute approximate surface area is 137 Å². The molecule has 122 valence electrons. The number of benzene rings is 2. The van der Waals surface area contributed by atoms with Gasteiger partial charge in [-0.05, 0) is 29.7 Å². The van der Waals surface area contributed by atoms with Crippen molar-refractivity contribution in [3.63, 3.8) is 0 Å². The van der Waals surface area contributed by atoms with Gasteiger partial charge in [0.2, 0.25) is 0 Å². The number of ether oxygens (including phenoxy) is 1. The summed E-state index contributed by atoms with van der Waals surface area (Å²) >= 11 is 0. The van der Waals surface area contributed by atoms with E-state index >= 15 is 0 Å². The van der Waals surface area contributed by atoms with E-state index in [4.69, 9.17) is 10.5 Å². The smallest absolute Gasteiger partial charge is 0.251 e. The van der Waals surface area contributed by atoms with Crippen LogP contribution < -0.4 is 15.8 Å². The van der Waals surface area contributed by atoms with Crippen molar-refractivity contribution in [3.8, 4) is 5.75 Å². The molecular formula is C19H24N2O2. The molecule has 2 rings (SSSR count). The number of rotatable bonds is 7. The van der Waals surface area contributed by atoms with Crippen LogP contribution in [0.4, 0.5) is 0 Å². The predicted molar refractivity (Wildman–Crippen MR) is 92.3 cm³/mol. The Kier molecular flexibility index (Phi) is 6.18. The first-order chi connectivity index (χ1) is 11.1. The average Bonchev–Trinajstić information content (AvgIpc) is 2.58. The van der Waals surface area contributed by atoms with Crippen LogP contribution in [0, 0.1) is 5.92 Å². The zero-order valence-corrected chi connectivity index (χ0v) is 13.7. The van der Waals surface area contributed by atoms with Crippen LogP contribution in [0.5, 0.6) is 5.75 Å². The van der Waals surface area contributed by atoms with Crippen LogP contribution in [0.2, 0.25) is 0 Å². The largest absolute Gasteiger partial charge is 0.493 e. The van der Waals surface area contributed by atoms with Gasteiger partial charge in [-0.3, -0.25) is 4.79 Å². The number of nitrogens with two attached hydrogens (primary N) is 1. The maximum Gasteiger partial charge on any atom is 0.251 e. The molecule has 3 N–H and O–H groups in total. The summed E-state index contributed by atoms with van der Waals surface area (Å²) in [5.74, 6) is 1.17. The minimum absolute atomic E-state index is 0.104. The Morgan fingerprint density at radius 1 is 1.13 bits per heavy atom. The van der Waals surface area contributed by atoms with Crippen LogP contribution in [-0.4, -0.2) is 12.5 Å². The van der Waals surface area contributed by atoms with Crippen LogP contribution in [0.25, 0.3) is 0 Å². The van der Waals surface area contributed by atoms with Crippen molar-refractivity contribution in [2.24, 2.45) is 11.7 Å². The standard InChI is InChI=1S/C19H24N2O2/c1-14(2)13-23-18-6-4-3-5-17(18)12-21-19(22)16-9-7-15(11-20)8-10-16/h3-10,14H,11-13,20H2,1-2H3,(H,21,22). The fourth-order valence-electron chi connectivity index (χ4n) is 2.12. The minimum Gasteiger partial charge on any atom is -0.493 e. The van der Waals surface area contributed by atoms with Crippen LogP contribution in [-0.2, 0) is 13.1 Å². The average molecular weight is 312 g/mol. The van der Waals surface area contributed by atoms with Gasteiger partial charge in [0.15, 0.2) is 0 Å². The van der Waals surface area contributed by atoms with Crippen LogP contribution in [0.1, 0.15) is 35.3 Å². The number of nitrogens with one attached hydrogen (secondary N) is 1. The van der Waals surface area contributed by atoms with Crippen molar-refractivity contribution in [3.05, 3.63) is 65.2 Å². The summed E-state index contributed by atoms with van der Waals surface area (Å²) in [5.41, 5.74) is 8.17. The normalized spacial score (nSPS) is 10.6. The molecule has 0 spiro atoms. The van der Waals surface area contributed by atoms with E-state index in [2.05, 4.69) is 19.2 Å². The number of hydrogen-bond donors (Lipinski definition) is 2. The number of carbonyl (C=O) groups is 1. The van der Waals surface area contributed by atoms with E-state index in [-0.39, 0.29) is 5.91 Å². The SMILES string of the molecule is CC(C)COc1ccccc1CNC(=O)c1ccc(CN)cc1. The van der Waals surface area contributed by atoms with Gasteiger partial charge in [-0.2, -0.15) is 0 Å². The van der Waals surface area contributed by atoms with E-state index in [0.717, 1.165) is 16.9 Å². The predicted octanol–water partition coefficient (Wildman–Crippen LogP) is 3.11. The Bertz CT molecular complexity index is 636. The first-order valence-electron chi connectivity index (χ1n) is 7.88. The van der Waals surface area contributed by atoms with E-state index in [1.54, 1.807) is 12.1 Å². The molecule has 0 fully saturated rings. The highest BCUT2D eigenvalue weighted by molar-refractivity contribution is 5.94. The molecule has 4 heteroatoms. The van der Waals surface area contributed by atoms with Crippen molar-refractivity contribution < 1.29 is 9.53 Å². The molecule has 0 aliphatic heterocycles. The lowest BCUT2D eigenvalue weighted by Gasteiger charge is -2.13. The summed E-state index contributed by atoms with van der Waals surface area (Å²) in [7, 11) is 0. The lowest BCUT2D eigenvalue weighted by atomic mass is 10.1. The summed E-state index contributed by atoms with van der Waals surface area (Å²) in [5, 5.41) is 2.93. The molecule has 0 saturated heterocycles. The second-order valence-electron chi connectivity index (χ2n) is 5.90. The Morgan fingerprint density at radius 2 is 1.83 bits per heavy atom. The highest BCUT2D eigenvalue weighted by atomic mass is 16.5. The van der Waals surface area contributed by atoms with Crippen molar-refractivity contribution in [2.75, 3.05) is 6.61 Å². The summed E-state index contributed by atoms with van der Waals surface area (Å²) < 4.78 is 5.80. The molecule has 0 bridgehead atoms. The number of carbonyl (C=O) groups excluding carboxylic acids is 1. The topological polar surface area (TPSA) is 64.3 Å². The first-order valence-corrected chi connectivity index (χ1v) is 7.88. The fraction of sp³-hybridized carbons (Fsp3) is 0.316. The van der Waals surface area contributed by atoms with Crippen LogP contribution in [0.3, 0.4) is 0 Å². The second kappa shape index (κ2) is 8.34. The molecule has 0 atom stereocenters. The number of hydrogen-bond acceptors (Lipinski definition) is 3. The Hall–Kier alpha value is -2.33. The van der Waals surface area contributed by atoms with E-state index in [1.807, 2.05) is 36.4 Å². The molecule has 0 radical (unpaired) electrons. The highest BCUT2D eigenvalue weighted by Gasteiger charge is 2.08. The Balaban J connectivity index is 1.98. The molecule has 0 unspecified atom stereocenters. The molecule has 4 nitrogen and oxygen atoms in total. The van der Waals surface area contributed by atoms with Crippen molar-refractivity contribution in [2.45, 2.75) is 26.9 Å². The third-order valence-electron chi connectivity index (χ3n) is 3.44. The zero-order chi connectivity index (χ0) is 16.7. The molecule has 23 heavy (non-hydrogen) atoms. The number of para-hydroxylation sites is 1.